The Morgan fingerprint density at radius 1 is 1.17 bits per heavy atom. The molecule has 1 aromatic heterocycles. The van der Waals surface area contributed by atoms with Gasteiger partial charge in [0.25, 0.3) is 0 Å². The Bertz CT molecular complexity index is 1180. The average molecular weight is 432 g/mol. The zero-order valence-corrected chi connectivity index (χ0v) is 17.7. The van der Waals surface area contributed by atoms with E-state index >= 15 is 0 Å². The summed E-state index contributed by atoms with van der Waals surface area (Å²) in [5.74, 6) is -2.07. The molecule has 7 heteroatoms. The maximum atomic E-state index is 14.7. The Labute approximate surface area is 178 Å². The first-order valence-corrected chi connectivity index (χ1v) is 9.88. The van der Waals surface area contributed by atoms with E-state index in [1.165, 1.54) is 12.1 Å². The average Bonchev–Trinajstić information content (AvgIpc) is 2.67. The van der Waals surface area contributed by atoms with Crippen molar-refractivity contribution in [3.8, 4) is 0 Å². The van der Waals surface area contributed by atoms with Crippen molar-refractivity contribution in [3.63, 3.8) is 0 Å². The lowest BCUT2D eigenvalue weighted by Gasteiger charge is -2.35. The van der Waals surface area contributed by atoms with Crippen molar-refractivity contribution in [3.05, 3.63) is 80.3 Å². The molecule has 1 unspecified atom stereocenters. The van der Waals surface area contributed by atoms with Crippen LogP contribution in [0.2, 0.25) is 5.02 Å². The summed E-state index contributed by atoms with van der Waals surface area (Å²) in [7, 11) is 0. The van der Waals surface area contributed by atoms with Crippen LogP contribution in [0.15, 0.2) is 47.3 Å². The van der Waals surface area contributed by atoms with E-state index in [0.29, 0.717) is 5.52 Å². The minimum Gasteiger partial charge on any atom is -0.477 e. The van der Waals surface area contributed by atoms with Crippen LogP contribution in [0, 0.1) is 11.2 Å². The van der Waals surface area contributed by atoms with Gasteiger partial charge in [-0.3, -0.25) is 4.79 Å². The van der Waals surface area contributed by atoms with Gasteiger partial charge in [-0.2, -0.15) is 0 Å². The van der Waals surface area contributed by atoms with Crippen molar-refractivity contribution >= 4 is 28.5 Å². The number of nitrogens with zero attached hydrogens (tertiary/aromatic N) is 1. The number of hydrogen-bond donors (Lipinski definition) is 2. The van der Waals surface area contributed by atoms with Crippen LogP contribution >= 0.6 is 11.6 Å². The number of aliphatic hydroxyl groups is 1. The minimum atomic E-state index is -1.40. The Hall–Kier alpha value is -2.70. The van der Waals surface area contributed by atoms with Crippen molar-refractivity contribution in [2.24, 2.45) is 5.41 Å². The van der Waals surface area contributed by atoms with E-state index in [-0.39, 0.29) is 34.7 Å². The van der Waals surface area contributed by atoms with Crippen LogP contribution in [-0.2, 0) is 6.42 Å². The first kappa shape index (κ1) is 22.0. The zero-order chi connectivity index (χ0) is 22.2. The summed E-state index contributed by atoms with van der Waals surface area (Å²) in [5, 5.41) is 20.3. The van der Waals surface area contributed by atoms with Crippen LogP contribution in [0.5, 0.6) is 0 Å². The molecular weight excluding hydrogens is 409 g/mol. The van der Waals surface area contributed by atoms with Gasteiger partial charge in [-0.1, -0.05) is 56.6 Å². The fraction of sp³-hybridized carbons (Fsp3) is 0.304. The third kappa shape index (κ3) is 3.85. The molecule has 158 valence electrons. The van der Waals surface area contributed by atoms with Crippen LogP contribution < -0.4 is 5.43 Å². The maximum Gasteiger partial charge on any atom is 0.341 e. The molecule has 0 aliphatic carbocycles. The number of pyridine rings is 1. The lowest BCUT2D eigenvalue weighted by molar-refractivity contribution is 0.0690. The second kappa shape index (κ2) is 8.20. The molecule has 30 heavy (non-hydrogen) atoms. The predicted molar refractivity (Wildman–Crippen MR) is 115 cm³/mol. The number of fused-ring (bicyclic) bond motifs is 1. The summed E-state index contributed by atoms with van der Waals surface area (Å²) in [4.78, 5) is 25.2. The number of para-hydroxylation sites is 1. The monoisotopic (exact) mass is 431 g/mol. The molecule has 0 bridgehead atoms. The largest absolute Gasteiger partial charge is 0.477 e. The van der Waals surface area contributed by atoms with Gasteiger partial charge in [0.15, 0.2) is 0 Å². The van der Waals surface area contributed by atoms with Crippen LogP contribution in [0.1, 0.15) is 48.4 Å². The number of aromatic carboxylic acids is 1. The van der Waals surface area contributed by atoms with Gasteiger partial charge in [0.05, 0.1) is 23.2 Å². The number of aromatic nitrogens is 1. The number of hydrogen-bond acceptors (Lipinski definition) is 3. The number of carboxylic acids is 1. The third-order valence-electron chi connectivity index (χ3n) is 5.30. The zero-order valence-electron chi connectivity index (χ0n) is 16.9. The fourth-order valence-electron chi connectivity index (χ4n) is 3.77. The molecule has 1 atom stereocenters. The lowest BCUT2D eigenvalue weighted by Crippen LogP contribution is -2.34. The summed E-state index contributed by atoms with van der Waals surface area (Å²) in [6.07, 6.45) is -0.166. The Morgan fingerprint density at radius 2 is 1.83 bits per heavy atom. The Kier molecular flexibility index (Phi) is 6.01. The fourth-order valence-corrected chi connectivity index (χ4v) is 3.96. The van der Waals surface area contributed by atoms with Crippen LogP contribution in [0.3, 0.4) is 0 Å². The van der Waals surface area contributed by atoms with Crippen molar-refractivity contribution in [2.75, 3.05) is 6.61 Å². The van der Waals surface area contributed by atoms with Crippen molar-refractivity contribution in [1.82, 2.24) is 4.57 Å². The number of rotatable bonds is 5. The number of halogens is 2. The number of benzene rings is 2. The molecule has 5 nitrogen and oxygen atoms in total. The van der Waals surface area contributed by atoms with Gasteiger partial charge >= 0.3 is 5.97 Å². The second-order valence-electron chi connectivity index (χ2n) is 8.30. The Balaban J connectivity index is 2.48. The van der Waals surface area contributed by atoms with E-state index in [9.17, 15) is 24.2 Å². The quantitative estimate of drug-likeness (QED) is 0.615. The SMILES string of the molecule is CC(C)(C)C(CO)n1c(Cc2cccc(Cl)c2F)c(C(=O)O)c(=O)c2ccccc21. The molecule has 2 aromatic carbocycles. The smallest absolute Gasteiger partial charge is 0.341 e. The van der Waals surface area contributed by atoms with Gasteiger partial charge in [-0.15, -0.1) is 0 Å². The van der Waals surface area contributed by atoms with E-state index in [0.717, 1.165) is 0 Å². The normalized spacial score (nSPS) is 12.9. The van der Waals surface area contributed by atoms with Gasteiger partial charge < -0.3 is 14.8 Å². The predicted octanol–water partition coefficient (Wildman–Crippen LogP) is 4.66. The summed E-state index contributed by atoms with van der Waals surface area (Å²) < 4.78 is 16.3. The highest BCUT2D eigenvalue weighted by atomic mass is 35.5. The molecule has 0 aliphatic heterocycles. The summed E-state index contributed by atoms with van der Waals surface area (Å²) in [6, 6.07) is 10.6. The first-order chi connectivity index (χ1) is 14.1. The molecule has 0 saturated heterocycles. The topological polar surface area (TPSA) is 79.5 Å². The van der Waals surface area contributed by atoms with E-state index in [1.54, 1.807) is 34.9 Å². The van der Waals surface area contributed by atoms with Crippen LogP contribution in [-0.4, -0.2) is 27.4 Å². The number of carbonyl (C=O) groups is 1. The molecule has 3 rings (SSSR count). The van der Waals surface area contributed by atoms with Crippen LogP contribution in [0.25, 0.3) is 10.9 Å². The molecule has 0 radical (unpaired) electrons. The van der Waals surface area contributed by atoms with Crippen molar-refractivity contribution < 1.29 is 19.4 Å². The number of aliphatic hydroxyl groups excluding tert-OH is 1. The summed E-state index contributed by atoms with van der Waals surface area (Å²) in [6.45, 7) is 5.43. The molecule has 0 spiro atoms. The maximum absolute atomic E-state index is 14.7. The van der Waals surface area contributed by atoms with E-state index < -0.39 is 34.2 Å². The molecule has 0 aliphatic rings. The van der Waals surface area contributed by atoms with Gasteiger partial charge in [0.1, 0.15) is 11.4 Å². The second-order valence-corrected chi connectivity index (χ2v) is 8.70. The van der Waals surface area contributed by atoms with E-state index in [4.69, 9.17) is 11.6 Å². The molecule has 2 N–H and O–H groups in total. The molecule has 0 fully saturated rings. The highest BCUT2D eigenvalue weighted by Crippen LogP contribution is 2.35. The highest BCUT2D eigenvalue weighted by Gasteiger charge is 2.32. The van der Waals surface area contributed by atoms with Gasteiger partial charge in [0, 0.05) is 17.5 Å². The standard InChI is InChI=1S/C23H23ClFNO4/c1-23(2,3)18(12-27)26-16-10-5-4-8-14(16)21(28)19(22(29)30)17(26)11-13-7-6-9-15(24)20(13)25/h4-10,18,27H,11-12H2,1-3H3,(H,29,30). The van der Waals surface area contributed by atoms with Gasteiger partial charge in [-0.05, 0) is 29.2 Å². The first-order valence-electron chi connectivity index (χ1n) is 9.51. The highest BCUT2D eigenvalue weighted by molar-refractivity contribution is 6.30. The summed E-state index contributed by atoms with van der Waals surface area (Å²) >= 11 is 5.91. The van der Waals surface area contributed by atoms with Crippen LogP contribution in [0.4, 0.5) is 4.39 Å². The van der Waals surface area contributed by atoms with Crippen molar-refractivity contribution in [2.45, 2.75) is 33.2 Å². The molecular formula is C23H23ClFNO4. The molecule has 1 heterocycles. The third-order valence-corrected chi connectivity index (χ3v) is 5.59. The minimum absolute atomic E-state index is 0.0893. The summed E-state index contributed by atoms with van der Waals surface area (Å²) in [5.41, 5.74) is -0.781. The van der Waals surface area contributed by atoms with Gasteiger partial charge in [-0.25, -0.2) is 9.18 Å². The van der Waals surface area contributed by atoms with Crippen molar-refractivity contribution in [1.29, 1.82) is 0 Å². The van der Waals surface area contributed by atoms with E-state index in [1.807, 2.05) is 20.8 Å². The molecule has 0 amide bonds. The Morgan fingerprint density at radius 3 is 2.43 bits per heavy atom. The molecule has 3 aromatic rings. The van der Waals surface area contributed by atoms with E-state index in [2.05, 4.69) is 0 Å². The van der Waals surface area contributed by atoms with Gasteiger partial charge in [0.2, 0.25) is 5.43 Å². The number of carboxylic acid groups (broad SMARTS) is 1. The lowest BCUT2D eigenvalue weighted by atomic mass is 9.85. The molecule has 0 saturated carbocycles.